The molecular weight excluding hydrogens is 686 g/mol. The van der Waals surface area contributed by atoms with Crippen LogP contribution in [0.25, 0.3) is 0 Å². The van der Waals surface area contributed by atoms with Gasteiger partial charge in [-0.15, -0.1) is 13.2 Å². The second-order valence-electron chi connectivity index (χ2n) is 12.9. The third-order valence-electron chi connectivity index (χ3n) is 10.0. The molecule has 2 bridgehead atoms. The number of benzene rings is 3. The Morgan fingerprint density at radius 1 is 1.00 bits per heavy atom. The molecule has 7 atom stereocenters. The molecule has 3 aromatic carbocycles. The number of anilines is 1. The molecule has 1 spiro atoms. The van der Waals surface area contributed by atoms with Crippen molar-refractivity contribution in [3.63, 3.8) is 0 Å². The van der Waals surface area contributed by atoms with Crippen LogP contribution in [0.5, 0.6) is 5.75 Å². The molecule has 3 aliphatic rings. The Bertz CT molecular complexity index is 1670. The number of aliphatic hydroxyl groups excluding tert-OH is 1. The molecule has 9 nitrogen and oxygen atoms in total. The number of ether oxygens (including phenoxy) is 2. The molecule has 256 valence electrons. The third kappa shape index (κ3) is 6.33. The molecule has 0 saturated carbocycles. The number of carbonyl (C=O) groups excluding carboxylic acids is 3. The van der Waals surface area contributed by atoms with Gasteiger partial charge in [-0.1, -0.05) is 88.7 Å². The highest BCUT2D eigenvalue weighted by atomic mass is 79.9. The zero-order valence-corrected chi connectivity index (χ0v) is 29.2. The molecule has 3 amide bonds. The lowest BCUT2D eigenvalue weighted by Gasteiger charge is -2.39. The summed E-state index contributed by atoms with van der Waals surface area (Å²) in [4.78, 5) is 49.2. The lowest BCUT2D eigenvalue weighted by atomic mass is 9.70. The van der Waals surface area contributed by atoms with Crippen molar-refractivity contribution in [2.75, 3.05) is 31.7 Å². The number of methoxy groups -OCH3 is 1. The van der Waals surface area contributed by atoms with Crippen LogP contribution in [-0.4, -0.2) is 88.0 Å². The Morgan fingerprint density at radius 3 is 2.22 bits per heavy atom. The maximum Gasteiger partial charge on any atom is 0.253 e. The van der Waals surface area contributed by atoms with Gasteiger partial charge in [0, 0.05) is 30.1 Å². The van der Waals surface area contributed by atoms with Gasteiger partial charge < -0.3 is 29.3 Å². The highest BCUT2D eigenvalue weighted by Crippen LogP contribution is 2.61. The largest absolute Gasteiger partial charge is 0.497 e. The standard InChI is InChI=1S/C39H42BrN3O6/c1-4-20-41(24-27-14-10-7-11-15-27)36(45)32-33-37(46)43(29(25-44)22-26-12-8-6-9-13-26)35(39(33)23-31(40)34(32)49-39)38(47)42(21-5-2)28-16-18-30(48-3)19-17-28/h4-19,29,31-35,44H,1-2,20-25H2,3H3/t29-,31?,32+,33+,34+,35?,39?/m1/s1. The van der Waals surface area contributed by atoms with Gasteiger partial charge in [-0.25, -0.2) is 0 Å². The van der Waals surface area contributed by atoms with E-state index < -0.39 is 35.6 Å². The second-order valence-corrected chi connectivity index (χ2v) is 14.0. The van der Waals surface area contributed by atoms with Crippen LogP contribution in [0.15, 0.2) is 110 Å². The Kier molecular flexibility index (Phi) is 10.4. The number of nitrogens with zero attached hydrogens (tertiary/aromatic N) is 3. The molecule has 3 aromatic rings. The van der Waals surface area contributed by atoms with E-state index in [0.717, 1.165) is 11.1 Å². The predicted molar refractivity (Wildman–Crippen MR) is 191 cm³/mol. The Balaban J connectivity index is 1.44. The number of carbonyl (C=O) groups is 3. The monoisotopic (exact) mass is 727 g/mol. The van der Waals surface area contributed by atoms with Crippen molar-refractivity contribution >= 4 is 39.3 Å². The van der Waals surface area contributed by atoms with Gasteiger partial charge >= 0.3 is 0 Å². The van der Waals surface area contributed by atoms with E-state index in [4.69, 9.17) is 9.47 Å². The van der Waals surface area contributed by atoms with Crippen molar-refractivity contribution in [2.45, 2.75) is 48.0 Å². The van der Waals surface area contributed by atoms with Gasteiger partial charge in [0.05, 0.1) is 37.7 Å². The topological polar surface area (TPSA) is 99.6 Å². The molecule has 3 fully saturated rings. The van der Waals surface area contributed by atoms with Crippen LogP contribution in [0.3, 0.4) is 0 Å². The van der Waals surface area contributed by atoms with E-state index in [1.165, 1.54) is 4.90 Å². The number of halogens is 1. The summed E-state index contributed by atoms with van der Waals surface area (Å²) in [5.41, 5.74) is 1.14. The molecule has 1 N–H and O–H groups in total. The van der Waals surface area contributed by atoms with Crippen molar-refractivity contribution in [3.8, 4) is 5.75 Å². The van der Waals surface area contributed by atoms with Gasteiger partial charge in [0.1, 0.15) is 17.4 Å². The summed E-state index contributed by atoms with van der Waals surface area (Å²) in [7, 11) is 1.57. The van der Waals surface area contributed by atoms with Gasteiger partial charge in [0.25, 0.3) is 5.91 Å². The number of rotatable bonds is 14. The van der Waals surface area contributed by atoms with Gasteiger partial charge in [-0.3, -0.25) is 14.4 Å². The molecule has 3 aliphatic heterocycles. The fourth-order valence-corrected chi connectivity index (χ4v) is 8.87. The summed E-state index contributed by atoms with van der Waals surface area (Å²) in [6.07, 6.45) is 3.34. The van der Waals surface area contributed by atoms with Crippen molar-refractivity contribution in [3.05, 3.63) is 121 Å². The Hall–Kier alpha value is -4.25. The zero-order valence-electron chi connectivity index (χ0n) is 27.6. The third-order valence-corrected chi connectivity index (χ3v) is 10.8. The molecule has 0 radical (unpaired) electrons. The van der Waals surface area contributed by atoms with Crippen molar-refractivity contribution in [1.29, 1.82) is 0 Å². The Labute approximate surface area is 295 Å². The van der Waals surface area contributed by atoms with E-state index in [9.17, 15) is 14.7 Å². The minimum absolute atomic E-state index is 0.167. The van der Waals surface area contributed by atoms with Crippen LogP contribution in [0, 0.1) is 11.8 Å². The molecule has 3 heterocycles. The lowest BCUT2D eigenvalue weighted by Crippen LogP contribution is -2.59. The molecule has 10 heteroatoms. The van der Waals surface area contributed by atoms with Gasteiger partial charge in [0.2, 0.25) is 11.8 Å². The van der Waals surface area contributed by atoms with Gasteiger partial charge in [-0.05, 0) is 48.2 Å². The van der Waals surface area contributed by atoms with E-state index in [2.05, 4.69) is 29.1 Å². The summed E-state index contributed by atoms with van der Waals surface area (Å²) >= 11 is 3.79. The number of fused-ring (bicyclic) bond motifs is 1. The minimum atomic E-state index is -1.31. The first-order valence-electron chi connectivity index (χ1n) is 16.6. The molecule has 3 saturated heterocycles. The van der Waals surface area contributed by atoms with E-state index in [0.29, 0.717) is 30.8 Å². The van der Waals surface area contributed by atoms with E-state index in [1.807, 2.05) is 60.7 Å². The SMILES string of the molecule is C=CCN(Cc1ccccc1)C(=O)[C@H]1[C@H]2C(=O)N([C@@H](CO)Cc3ccccc3)C(C(=O)N(CC=C)c3ccc(OC)cc3)C23CC(Br)[C@@H]1O3. The zero-order chi connectivity index (χ0) is 34.7. The van der Waals surface area contributed by atoms with Gasteiger partial charge in [-0.2, -0.15) is 0 Å². The van der Waals surface area contributed by atoms with E-state index in [1.54, 1.807) is 53.3 Å². The summed E-state index contributed by atoms with van der Waals surface area (Å²) in [6.45, 7) is 8.19. The van der Waals surface area contributed by atoms with Crippen LogP contribution in [0.2, 0.25) is 0 Å². The van der Waals surface area contributed by atoms with Crippen LogP contribution < -0.4 is 9.64 Å². The number of amides is 3. The minimum Gasteiger partial charge on any atom is -0.497 e. The first-order chi connectivity index (χ1) is 23.8. The van der Waals surface area contributed by atoms with Crippen LogP contribution >= 0.6 is 15.9 Å². The highest BCUT2D eigenvalue weighted by Gasteiger charge is 2.77. The second kappa shape index (κ2) is 14.7. The van der Waals surface area contributed by atoms with Crippen LogP contribution in [-0.2, 0) is 32.1 Å². The van der Waals surface area contributed by atoms with Crippen molar-refractivity contribution < 1.29 is 29.0 Å². The highest BCUT2D eigenvalue weighted by molar-refractivity contribution is 9.09. The number of hydrogen-bond acceptors (Lipinski definition) is 6. The molecular formula is C39H42BrN3O6. The first kappa shape index (κ1) is 34.6. The number of likely N-dealkylation sites (tertiary alicyclic amines) is 1. The maximum absolute atomic E-state index is 15.1. The summed E-state index contributed by atoms with van der Waals surface area (Å²) in [6, 6.07) is 24.5. The predicted octanol–water partition coefficient (Wildman–Crippen LogP) is 4.78. The number of alkyl halides is 1. The van der Waals surface area contributed by atoms with Crippen molar-refractivity contribution in [1.82, 2.24) is 9.80 Å². The molecule has 6 rings (SSSR count). The summed E-state index contributed by atoms with van der Waals surface area (Å²) < 4.78 is 12.2. The molecule has 3 unspecified atom stereocenters. The molecule has 49 heavy (non-hydrogen) atoms. The van der Waals surface area contributed by atoms with E-state index in [-0.39, 0.29) is 42.2 Å². The Morgan fingerprint density at radius 2 is 1.63 bits per heavy atom. The lowest BCUT2D eigenvalue weighted by molar-refractivity contribution is -0.147. The van der Waals surface area contributed by atoms with Crippen LogP contribution in [0.1, 0.15) is 17.5 Å². The average Bonchev–Trinajstić information content (AvgIpc) is 3.73. The quantitative estimate of drug-likeness (QED) is 0.190. The first-order valence-corrected chi connectivity index (χ1v) is 17.5. The fourth-order valence-electron chi connectivity index (χ4n) is 7.92. The average molecular weight is 729 g/mol. The maximum atomic E-state index is 15.1. The normalized spacial score (nSPS) is 25.8. The molecule has 0 aliphatic carbocycles. The van der Waals surface area contributed by atoms with E-state index >= 15 is 4.79 Å². The molecule has 0 aromatic heterocycles. The summed E-state index contributed by atoms with van der Waals surface area (Å²) in [5, 5.41) is 10.9. The number of hydrogen-bond donors (Lipinski definition) is 1. The van der Waals surface area contributed by atoms with Gasteiger partial charge in [0.15, 0.2) is 0 Å². The fraction of sp³-hybridized carbons (Fsp3) is 0.359. The summed E-state index contributed by atoms with van der Waals surface area (Å²) in [5.74, 6) is -2.10. The smallest absolute Gasteiger partial charge is 0.253 e. The van der Waals surface area contributed by atoms with Crippen LogP contribution in [0.4, 0.5) is 5.69 Å². The van der Waals surface area contributed by atoms with Crippen molar-refractivity contribution in [2.24, 2.45) is 11.8 Å². The number of aliphatic hydroxyl groups is 1.